The first kappa shape index (κ1) is 21.9. The van der Waals surface area contributed by atoms with Crippen LogP contribution in [0.25, 0.3) is 17.5 Å². The maximum Gasteiger partial charge on any atom is 0.248 e. The van der Waals surface area contributed by atoms with Gasteiger partial charge in [0, 0.05) is 42.1 Å². The average molecular weight is 474 g/mol. The van der Waals surface area contributed by atoms with Crippen molar-refractivity contribution < 1.29 is 18.7 Å². The predicted molar refractivity (Wildman–Crippen MR) is 131 cm³/mol. The van der Waals surface area contributed by atoms with Crippen molar-refractivity contribution in [2.75, 3.05) is 24.7 Å². The van der Waals surface area contributed by atoms with E-state index in [-0.39, 0.29) is 12.3 Å². The van der Waals surface area contributed by atoms with Crippen LogP contribution in [0.15, 0.2) is 75.9 Å². The molecule has 7 nitrogen and oxygen atoms in total. The minimum Gasteiger partial charge on any atom is -0.486 e. The van der Waals surface area contributed by atoms with Crippen LogP contribution in [0.2, 0.25) is 0 Å². The maximum absolute atomic E-state index is 13.3. The molecule has 0 atom stereocenters. The Labute approximate surface area is 201 Å². The van der Waals surface area contributed by atoms with Crippen molar-refractivity contribution in [3.8, 4) is 23.0 Å². The summed E-state index contributed by atoms with van der Waals surface area (Å²) in [6.45, 7) is 1.42. The molecule has 1 aliphatic heterocycles. The molecule has 0 N–H and O–H groups in total. The average Bonchev–Trinajstić information content (AvgIpc) is 3.58. The molecule has 2 aromatic heterocycles. The van der Waals surface area contributed by atoms with E-state index in [1.54, 1.807) is 16.2 Å². The molecule has 0 radical (unpaired) electrons. The number of carbonyl (C=O) groups is 1. The lowest BCUT2D eigenvalue weighted by Gasteiger charge is -2.24. The molecule has 1 aliphatic rings. The SMILES string of the molecule is O=C(CCc1nnc(-c2ccsc2)o1)N(C/C=C/c1ccccc1)c1ccc2c(c1)OCCO2. The summed E-state index contributed by atoms with van der Waals surface area (Å²) < 4.78 is 17.1. The van der Waals surface area contributed by atoms with E-state index >= 15 is 0 Å². The van der Waals surface area contributed by atoms with Crippen LogP contribution in [0.5, 0.6) is 11.5 Å². The highest BCUT2D eigenvalue weighted by atomic mass is 32.1. The summed E-state index contributed by atoms with van der Waals surface area (Å²) in [4.78, 5) is 15.0. The number of hydrogen-bond acceptors (Lipinski definition) is 7. The Morgan fingerprint density at radius 1 is 1.03 bits per heavy atom. The van der Waals surface area contributed by atoms with E-state index in [2.05, 4.69) is 10.2 Å². The van der Waals surface area contributed by atoms with E-state index in [4.69, 9.17) is 13.9 Å². The Balaban J connectivity index is 1.31. The fourth-order valence-corrected chi connectivity index (χ4v) is 4.25. The fourth-order valence-electron chi connectivity index (χ4n) is 3.62. The smallest absolute Gasteiger partial charge is 0.248 e. The van der Waals surface area contributed by atoms with Gasteiger partial charge in [-0.25, -0.2) is 0 Å². The van der Waals surface area contributed by atoms with Crippen molar-refractivity contribution in [2.45, 2.75) is 12.8 Å². The van der Waals surface area contributed by atoms with Crippen LogP contribution in [0.3, 0.4) is 0 Å². The monoisotopic (exact) mass is 473 g/mol. The second-order valence-corrected chi connectivity index (χ2v) is 8.44. The van der Waals surface area contributed by atoms with E-state index < -0.39 is 0 Å². The number of hydrogen-bond donors (Lipinski definition) is 0. The van der Waals surface area contributed by atoms with Crippen molar-refractivity contribution in [3.63, 3.8) is 0 Å². The molecule has 5 rings (SSSR count). The van der Waals surface area contributed by atoms with Crippen LogP contribution in [0, 0.1) is 0 Å². The van der Waals surface area contributed by atoms with Gasteiger partial charge in [0.25, 0.3) is 0 Å². The maximum atomic E-state index is 13.3. The van der Waals surface area contributed by atoms with E-state index in [9.17, 15) is 4.79 Å². The van der Waals surface area contributed by atoms with Crippen molar-refractivity contribution in [1.82, 2.24) is 10.2 Å². The van der Waals surface area contributed by atoms with Crippen LogP contribution in [-0.4, -0.2) is 35.9 Å². The molecule has 0 fully saturated rings. The van der Waals surface area contributed by atoms with Gasteiger partial charge in [-0.1, -0.05) is 42.5 Å². The zero-order chi connectivity index (χ0) is 23.2. The molecule has 0 saturated heterocycles. The highest BCUT2D eigenvalue weighted by Gasteiger charge is 2.20. The number of anilines is 1. The molecular weight excluding hydrogens is 450 g/mol. The second kappa shape index (κ2) is 10.4. The molecule has 8 heteroatoms. The molecule has 3 heterocycles. The van der Waals surface area contributed by atoms with Crippen molar-refractivity contribution in [1.29, 1.82) is 0 Å². The summed E-state index contributed by atoms with van der Waals surface area (Å²) >= 11 is 1.56. The Morgan fingerprint density at radius 2 is 1.88 bits per heavy atom. The van der Waals surface area contributed by atoms with Crippen LogP contribution < -0.4 is 14.4 Å². The summed E-state index contributed by atoms with van der Waals surface area (Å²) in [6, 6.07) is 17.5. The molecule has 0 saturated carbocycles. The number of benzene rings is 2. The number of amides is 1. The number of rotatable bonds is 8. The van der Waals surface area contributed by atoms with E-state index in [0.717, 1.165) is 16.8 Å². The van der Waals surface area contributed by atoms with Gasteiger partial charge in [-0.05, 0) is 29.1 Å². The van der Waals surface area contributed by atoms with Crippen LogP contribution in [0.1, 0.15) is 17.9 Å². The quantitative estimate of drug-likeness (QED) is 0.348. The molecule has 0 spiro atoms. The number of ether oxygens (including phenoxy) is 2. The molecule has 1 amide bonds. The normalized spacial score (nSPS) is 12.7. The zero-order valence-corrected chi connectivity index (χ0v) is 19.2. The lowest BCUT2D eigenvalue weighted by atomic mass is 10.2. The first-order valence-electron chi connectivity index (χ1n) is 11.0. The van der Waals surface area contributed by atoms with E-state index in [0.29, 0.717) is 49.5 Å². The molecule has 0 unspecified atom stereocenters. The Bertz CT molecular complexity index is 1270. The van der Waals surface area contributed by atoms with Crippen molar-refractivity contribution >= 4 is 29.0 Å². The van der Waals surface area contributed by atoms with Crippen molar-refractivity contribution in [2.24, 2.45) is 0 Å². The second-order valence-electron chi connectivity index (χ2n) is 7.66. The molecule has 2 aromatic carbocycles. The molecule has 0 bridgehead atoms. The van der Waals surface area contributed by atoms with Gasteiger partial charge < -0.3 is 18.8 Å². The van der Waals surface area contributed by atoms with Crippen LogP contribution >= 0.6 is 11.3 Å². The zero-order valence-electron chi connectivity index (χ0n) is 18.4. The number of fused-ring (bicyclic) bond motifs is 1. The molecule has 0 aliphatic carbocycles. The summed E-state index contributed by atoms with van der Waals surface area (Å²) in [5.41, 5.74) is 2.71. The van der Waals surface area contributed by atoms with Crippen LogP contribution in [-0.2, 0) is 11.2 Å². The van der Waals surface area contributed by atoms with Gasteiger partial charge in [-0.15, -0.1) is 10.2 Å². The highest BCUT2D eigenvalue weighted by Crippen LogP contribution is 2.34. The standard InChI is InChI=1S/C26H23N3O4S/c30-25(11-10-24-27-28-26(33-24)20-12-16-34-18-20)29(13-4-7-19-5-2-1-3-6-19)21-8-9-22-23(17-21)32-15-14-31-22/h1-9,12,16-18H,10-11,13-15H2/b7-4+. The summed E-state index contributed by atoms with van der Waals surface area (Å²) in [5, 5.41) is 12.1. The largest absolute Gasteiger partial charge is 0.486 e. The van der Waals surface area contributed by atoms with Gasteiger partial charge in [0.1, 0.15) is 13.2 Å². The Morgan fingerprint density at radius 3 is 2.71 bits per heavy atom. The van der Waals surface area contributed by atoms with Crippen LogP contribution in [0.4, 0.5) is 5.69 Å². The molecule has 172 valence electrons. The number of carbonyl (C=O) groups excluding carboxylic acids is 1. The predicted octanol–water partition coefficient (Wildman–Crippen LogP) is 5.25. The first-order chi connectivity index (χ1) is 16.8. The van der Waals surface area contributed by atoms with Gasteiger partial charge in [0.05, 0.1) is 0 Å². The van der Waals surface area contributed by atoms with Gasteiger partial charge in [0.15, 0.2) is 11.5 Å². The number of aromatic nitrogens is 2. The van der Waals surface area contributed by atoms with E-state index in [1.165, 1.54) is 0 Å². The lowest BCUT2D eigenvalue weighted by Crippen LogP contribution is -2.31. The van der Waals surface area contributed by atoms with Gasteiger partial charge >= 0.3 is 0 Å². The summed E-state index contributed by atoms with van der Waals surface area (Å²) in [6.07, 6.45) is 4.58. The van der Waals surface area contributed by atoms with Crippen molar-refractivity contribution in [3.05, 3.63) is 82.9 Å². The number of aryl methyl sites for hydroxylation is 1. The van der Waals surface area contributed by atoms with Gasteiger partial charge in [0.2, 0.25) is 17.7 Å². The third-order valence-electron chi connectivity index (χ3n) is 5.32. The lowest BCUT2D eigenvalue weighted by molar-refractivity contribution is -0.118. The Hall–Kier alpha value is -3.91. The first-order valence-corrected chi connectivity index (χ1v) is 12.0. The minimum atomic E-state index is -0.0512. The summed E-state index contributed by atoms with van der Waals surface area (Å²) in [7, 11) is 0. The molecule has 34 heavy (non-hydrogen) atoms. The molecular formula is C26H23N3O4S. The fraction of sp³-hybridized carbons (Fsp3) is 0.192. The summed E-state index contributed by atoms with van der Waals surface area (Å²) in [5.74, 6) is 2.19. The molecule has 4 aromatic rings. The third-order valence-corrected chi connectivity index (χ3v) is 6.01. The minimum absolute atomic E-state index is 0.0512. The van der Waals surface area contributed by atoms with Gasteiger partial charge in [-0.3, -0.25) is 4.79 Å². The number of nitrogens with zero attached hydrogens (tertiary/aromatic N) is 3. The highest BCUT2D eigenvalue weighted by molar-refractivity contribution is 7.08. The topological polar surface area (TPSA) is 77.7 Å². The van der Waals surface area contributed by atoms with E-state index in [1.807, 2.05) is 77.5 Å². The number of thiophene rings is 1. The Kier molecular flexibility index (Phi) is 6.67. The third kappa shape index (κ3) is 5.18. The van der Waals surface area contributed by atoms with Gasteiger partial charge in [-0.2, -0.15) is 11.3 Å².